The zero-order valence-electron chi connectivity index (χ0n) is 16.2. The van der Waals surface area contributed by atoms with Crippen molar-refractivity contribution in [2.24, 2.45) is 0 Å². The summed E-state index contributed by atoms with van der Waals surface area (Å²) in [5.41, 5.74) is 1.19. The molecule has 2 rings (SSSR count). The summed E-state index contributed by atoms with van der Waals surface area (Å²) in [7, 11) is 4.56. The second kappa shape index (κ2) is 10.5. The van der Waals surface area contributed by atoms with Crippen molar-refractivity contribution in [3.05, 3.63) is 47.5 Å². The largest absolute Gasteiger partial charge is 0.493 e. The third-order valence-electron chi connectivity index (χ3n) is 3.88. The second-order valence-corrected chi connectivity index (χ2v) is 6.43. The van der Waals surface area contributed by atoms with Gasteiger partial charge in [-0.15, -0.1) is 11.8 Å². The number of benzene rings is 2. The van der Waals surface area contributed by atoms with Crippen LogP contribution in [0.3, 0.4) is 0 Å². The molecule has 0 radical (unpaired) electrons. The second-order valence-electron chi connectivity index (χ2n) is 5.59. The lowest BCUT2D eigenvalue weighted by molar-refractivity contribution is -0.124. The van der Waals surface area contributed by atoms with Gasteiger partial charge in [0.05, 0.1) is 26.9 Å². The summed E-state index contributed by atoms with van der Waals surface area (Å²) in [4.78, 5) is 25.0. The van der Waals surface area contributed by atoms with Crippen LogP contribution in [0.5, 0.6) is 17.2 Å². The number of thioether (sulfide) groups is 1. The molecule has 8 heteroatoms. The van der Waals surface area contributed by atoms with Crippen molar-refractivity contribution < 1.29 is 28.5 Å². The third-order valence-corrected chi connectivity index (χ3v) is 4.67. The Kier molecular flexibility index (Phi) is 8.01. The Bertz CT molecular complexity index is 814. The van der Waals surface area contributed by atoms with Gasteiger partial charge in [0.1, 0.15) is 0 Å². The van der Waals surface area contributed by atoms with E-state index >= 15 is 0 Å². The molecule has 0 aliphatic rings. The molecule has 0 spiro atoms. The van der Waals surface area contributed by atoms with Gasteiger partial charge in [0, 0.05) is 11.4 Å². The summed E-state index contributed by atoms with van der Waals surface area (Å²) in [5, 5.41) is 2.70. The summed E-state index contributed by atoms with van der Waals surface area (Å²) >= 11 is 1.44. The highest BCUT2D eigenvalue weighted by Crippen LogP contribution is 2.38. The van der Waals surface area contributed by atoms with E-state index in [1.54, 1.807) is 24.3 Å². The van der Waals surface area contributed by atoms with Crippen LogP contribution in [0.4, 0.5) is 0 Å². The molecule has 0 heterocycles. The normalized spacial score (nSPS) is 10.1. The monoisotopic (exact) mass is 405 g/mol. The predicted molar refractivity (Wildman–Crippen MR) is 106 cm³/mol. The van der Waals surface area contributed by atoms with Crippen LogP contribution in [0, 0.1) is 0 Å². The van der Waals surface area contributed by atoms with Crippen LogP contribution in [-0.4, -0.2) is 46.1 Å². The molecule has 0 fully saturated rings. The Morgan fingerprint density at radius 2 is 1.64 bits per heavy atom. The van der Waals surface area contributed by atoms with E-state index in [9.17, 15) is 9.59 Å². The highest BCUT2D eigenvalue weighted by molar-refractivity contribution is 7.98. The number of methoxy groups -OCH3 is 3. The molecule has 1 amide bonds. The lowest BCUT2D eigenvalue weighted by Gasteiger charge is -2.14. The summed E-state index contributed by atoms with van der Waals surface area (Å²) in [6, 6.07) is 10.6. The highest BCUT2D eigenvalue weighted by atomic mass is 32.2. The van der Waals surface area contributed by atoms with Gasteiger partial charge in [-0.1, -0.05) is 12.1 Å². The van der Waals surface area contributed by atoms with Crippen LogP contribution in [0.25, 0.3) is 0 Å². The van der Waals surface area contributed by atoms with Gasteiger partial charge in [-0.25, -0.2) is 4.79 Å². The molecule has 0 aromatic heterocycles. The molecule has 0 saturated carbocycles. The molecule has 0 bridgehead atoms. The van der Waals surface area contributed by atoms with Crippen LogP contribution in [0.1, 0.15) is 15.9 Å². The molecule has 0 unspecified atom stereocenters. The smallest absolute Gasteiger partial charge is 0.339 e. The maximum absolute atomic E-state index is 12.2. The summed E-state index contributed by atoms with van der Waals surface area (Å²) in [5.74, 6) is 0.510. The van der Waals surface area contributed by atoms with Crippen molar-refractivity contribution in [2.45, 2.75) is 11.4 Å². The number of carbonyl (C=O) groups is 2. The maximum Gasteiger partial charge on any atom is 0.339 e. The number of ether oxygens (including phenoxy) is 4. The molecule has 0 atom stereocenters. The Morgan fingerprint density at radius 3 is 2.21 bits per heavy atom. The van der Waals surface area contributed by atoms with E-state index in [4.69, 9.17) is 18.9 Å². The first-order valence-electron chi connectivity index (χ1n) is 8.39. The minimum absolute atomic E-state index is 0.217. The number of carbonyl (C=O) groups excluding carboxylic acids is 2. The molecule has 0 aliphatic carbocycles. The van der Waals surface area contributed by atoms with Gasteiger partial charge in [-0.2, -0.15) is 0 Å². The zero-order valence-corrected chi connectivity index (χ0v) is 17.1. The third kappa shape index (κ3) is 5.32. The molecule has 0 aliphatic heterocycles. The van der Waals surface area contributed by atoms with Gasteiger partial charge in [0.15, 0.2) is 18.1 Å². The maximum atomic E-state index is 12.2. The fraction of sp³-hybridized carbons (Fsp3) is 0.300. The van der Waals surface area contributed by atoms with E-state index in [0.717, 1.165) is 10.5 Å². The topological polar surface area (TPSA) is 83.1 Å². The molecule has 28 heavy (non-hydrogen) atoms. The van der Waals surface area contributed by atoms with Gasteiger partial charge in [-0.3, -0.25) is 4.79 Å². The van der Waals surface area contributed by atoms with Crippen LogP contribution in [-0.2, 0) is 16.1 Å². The molecule has 150 valence electrons. The van der Waals surface area contributed by atoms with Crippen molar-refractivity contribution in [1.82, 2.24) is 5.32 Å². The molecular formula is C20H23NO6S. The lowest BCUT2D eigenvalue weighted by Crippen LogP contribution is -2.28. The SMILES string of the molecule is COc1cc(CNC(=O)COC(=O)c2ccccc2SC)cc(OC)c1OC. The summed E-state index contributed by atoms with van der Waals surface area (Å²) in [6.45, 7) is -0.152. The summed E-state index contributed by atoms with van der Waals surface area (Å²) in [6.07, 6.45) is 1.87. The van der Waals surface area contributed by atoms with E-state index in [0.29, 0.717) is 22.8 Å². The fourth-order valence-corrected chi connectivity index (χ4v) is 3.10. The minimum atomic E-state index is -0.534. The van der Waals surface area contributed by atoms with Crippen LogP contribution in [0.2, 0.25) is 0 Å². The Balaban J connectivity index is 1.95. The minimum Gasteiger partial charge on any atom is -0.493 e. The van der Waals surface area contributed by atoms with Crippen molar-refractivity contribution in [3.63, 3.8) is 0 Å². The van der Waals surface area contributed by atoms with Crippen LogP contribution < -0.4 is 19.5 Å². The molecule has 1 N–H and O–H groups in total. The van der Waals surface area contributed by atoms with E-state index in [2.05, 4.69) is 5.32 Å². The van der Waals surface area contributed by atoms with E-state index < -0.39 is 11.9 Å². The fourth-order valence-electron chi connectivity index (χ4n) is 2.51. The first-order chi connectivity index (χ1) is 13.5. The average Bonchev–Trinajstić information content (AvgIpc) is 2.74. The van der Waals surface area contributed by atoms with E-state index in [1.165, 1.54) is 33.1 Å². The zero-order chi connectivity index (χ0) is 20.5. The molecule has 7 nitrogen and oxygen atoms in total. The van der Waals surface area contributed by atoms with Crippen LogP contribution >= 0.6 is 11.8 Å². The quantitative estimate of drug-likeness (QED) is 0.507. The summed E-state index contributed by atoms with van der Waals surface area (Å²) < 4.78 is 21.0. The van der Waals surface area contributed by atoms with Crippen molar-refractivity contribution >= 4 is 23.6 Å². The molecule has 2 aromatic carbocycles. The lowest BCUT2D eigenvalue weighted by atomic mass is 10.1. The van der Waals surface area contributed by atoms with Crippen molar-refractivity contribution in [3.8, 4) is 17.2 Å². The Hall–Kier alpha value is -2.87. The average molecular weight is 405 g/mol. The first-order valence-corrected chi connectivity index (χ1v) is 9.62. The number of nitrogens with one attached hydrogen (secondary N) is 1. The number of hydrogen-bond donors (Lipinski definition) is 1. The number of amides is 1. The highest BCUT2D eigenvalue weighted by Gasteiger charge is 2.15. The van der Waals surface area contributed by atoms with Gasteiger partial charge in [0.25, 0.3) is 5.91 Å². The van der Waals surface area contributed by atoms with E-state index in [-0.39, 0.29) is 13.2 Å². The predicted octanol–water partition coefficient (Wildman–Crippen LogP) is 2.91. The Morgan fingerprint density at radius 1 is 1.00 bits per heavy atom. The van der Waals surface area contributed by atoms with Gasteiger partial charge in [0.2, 0.25) is 5.75 Å². The van der Waals surface area contributed by atoms with Crippen molar-refractivity contribution in [2.75, 3.05) is 34.2 Å². The van der Waals surface area contributed by atoms with Gasteiger partial charge < -0.3 is 24.3 Å². The Labute approximate surface area is 168 Å². The van der Waals surface area contributed by atoms with Gasteiger partial charge in [-0.05, 0) is 36.1 Å². The standard InChI is InChI=1S/C20H23NO6S/c1-24-15-9-13(10-16(25-2)19(15)26-3)11-21-18(22)12-27-20(23)14-7-5-6-8-17(14)28-4/h5-10H,11-12H2,1-4H3,(H,21,22). The molecular weight excluding hydrogens is 382 g/mol. The molecule has 2 aromatic rings. The first kappa shape index (κ1) is 21.4. The number of esters is 1. The molecule has 0 saturated heterocycles. The number of hydrogen-bond acceptors (Lipinski definition) is 7. The van der Waals surface area contributed by atoms with Crippen LogP contribution in [0.15, 0.2) is 41.3 Å². The van der Waals surface area contributed by atoms with Gasteiger partial charge >= 0.3 is 5.97 Å². The number of rotatable bonds is 9. The van der Waals surface area contributed by atoms with E-state index in [1.807, 2.05) is 18.4 Å². The van der Waals surface area contributed by atoms with Crippen molar-refractivity contribution in [1.29, 1.82) is 0 Å².